The Labute approximate surface area is 116 Å². The van der Waals surface area contributed by atoms with Gasteiger partial charge in [-0.15, -0.1) is 11.8 Å². The van der Waals surface area contributed by atoms with Crippen LogP contribution in [0.4, 0.5) is 0 Å². The Hall–Kier alpha value is -0.670. The van der Waals surface area contributed by atoms with Crippen molar-refractivity contribution in [3.05, 3.63) is 24.3 Å². The van der Waals surface area contributed by atoms with Gasteiger partial charge in [-0.05, 0) is 55.8 Å². The Morgan fingerprint density at radius 2 is 1.94 bits per heavy atom. The highest BCUT2D eigenvalue weighted by Crippen LogP contribution is 2.22. The molecule has 0 aromatic heterocycles. The molecular formula is C15H25NOS. The van der Waals surface area contributed by atoms with E-state index in [0.717, 1.165) is 12.3 Å². The predicted octanol–water partition coefficient (Wildman–Crippen LogP) is 3.96. The van der Waals surface area contributed by atoms with Crippen molar-refractivity contribution in [3.63, 3.8) is 0 Å². The molecule has 1 atom stereocenters. The fourth-order valence-corrected chi connectivity index (χ4v) is 2.81. The first-order chi connectivity index (χ1) is 8.80. The lowest BCUT2D eigenvalue weighted by molar-refractivity contribution is 0.414. The van der Waals surface area contributed by atoms with Crippen LogP contribution >= 0.6 is 11.8 Å². The van der Waals surface area contributed by atoms with Crippen molar-refractivity contribution < 1.29 is 4.74 Å². The summed E-state index contributed by atoms with van der Waals surface area (Å²) in [5.74, 6) is 2.12. The Morgan fingerprint density at radius 3 is 2.50 bits per heavy atom. The molecule has 18 heavy (non-hydrogen) atoms. The van der Waals surface area contributed by atoms with E-state index < -0.39 is 0 Å². The minimum absolute atomic E-state index is 0.687. The lowest BCUT2D eigenvalue weighted by Gasteiger charge is -2.15. The summed E-state index contributed by atoms with van der Waals surface area (Å²) in [7, 11) is 1.70. The summed E-state index contributed by atoms with van der Waals surface area (Å²) >= 11 is 1.93. The SMILES string of the molecule is CCNC(CC)CCCSc1ccc(OC)cc1. The van der Waals surface area contributed by atoms with Crippen LogP contribution in [0.5, 0.6) is 5.75 Å². The second-order valence-electron chi connectivity index (χ2n) is 4.33. The third-order valence-electron chi connectivity index (χ3n) is 3.01. The minimum Gasteiger partial charge on any atom is -0.497 e. The maximum Gasteiger partial charge on any atom is 0.118 e. The first-order valence-electron chi connectivity index (χ1n) is 6.80. The van der Waals surface area contributed by atoms with Crippen molar-refractivity contribution in [2.45, 2.75) is 44.0 Å². The second kappa shape index (κ2) is 9.29. The average Bonchev–Trinajstić information content (AvgIpc) is 2.43. The summed E-state index contributed by atoms with van der Waals surface area (Å²) in [4.78, 5) is 1.33. The Balaban J connectivity index is 2.20. The smallest absolute Gasteiger partial charge is 0.118 e. The van der Waals surface area contributed by atoms with E-state index in [1.54, 1.807) is 7.11 Å². The zero-order valence-electron chi connectivity index (χ0n) is 11.7. The van der Waals surface area contributed by atoms with Gasteiger partial charge in [0.15, 0.2) is 0 Å². The monoisotopic (exact) mass is 267 g/mol. The van der Waals surface area contributed by atoms with Crippen molar-refractivity contribution in [2.24, 2.45) is 0 Å². The molecule has 1 unspecified atom stereocenters. The van der Waals surface area contributed by atoms with E-state index >= 15 is 0 Å². The molecule has 0 saturated heterocycles. The molecule has 0 bridgehead atoms. The van der Waals surface area contributed by atoms with E-state index in [9.17, 15) is 0 Å². The van der Waals surface area contributed by atoms with E-state index in [1.165, 1.54) is 29.9 Å². The summed E-state index contributed by atoms with van der Waals surface area (Å²) in [6, 6.07) is 8.99. The van der Waals surface area contributed by atoms with Gasteiger partial charge in [-0.25, -0.2) is 0 Å². The van der Waals surface area contributed by atoms with Gasteiger partial charge in [0.05, 0.1) is 7.11 Å². The highest BCUT2D eigenvalue weighted by Gasteiger charge is 2.03. The van der Waals surface area contributed by atoms with Gasteiger partial charge in [0, 0.05) is 10.9 Å². The standard InChI is InChI=1S/C15H25NOS/c1-4-13(16-5-2)7-6-12-18-15-10-8-14(17-3)9-11-15/h8-11,13,16H,4-7,12H2,1-3H3. The Bertz CT molecular complexity index is 313. The molecule has 102 valence electrons. The number of methoxy groups -OCH3 is 1. The van der Waals surface area contributed by atoms with Crippen LogP contribution in [0.2, 0.25) is 0 Å². The second-order valence-corrected chi connectivity index (χ2v) is 5.50. The van der Waals surface area contributed by atoms with E-state index in [-0.39, 0.29) is 0 Å². The van der Waals surface area contributed by atoms with E-state index in [1.807, 2.05) is 23.9 Å². The quantitative estimate of drug-likeness (QED) is 0.540. The molecule has 3 heteroatoms. The molecule has 1 aromatic carbocycles. The van der Waals surface area contributed by atoms with Gasteiger partial charge in [0.1, 0.15) is 5.75 Å². The summed E-state index contributed by atoms with van der Waals surface area (Å²) in [5, 5.41) is 3.52. The molecule has 0 aliphatic heterocycles. The molecule has 0 amide bonds. The summed E-state index contributed by atoms with van der Waals surface area (Å²) in [5.41, 5.74) is 0. The lowest BCUT2D eigenvalue weighted by Crippen LogP contribution is -2.28. The molecule has 0 heterocycles. The molecule has 0 radical (unpaired) electrons. The number of rotatable bonds is 9. The van der Waals surface area contributed by atoms with Crippen molar-refractivity contribution >= 4 is 11.8 Å². The predicted molar refractivity (Wildman–Crippen MR) is 80.7 cm³/mol. The molecule has 0 aliphatic carbocycles. The fourth-order valence-electron chi connectivity index (χ4n) is 1.93. The summed E-state index contributed by atoms with van der Waals surface area (Å²) in [6.07, 6.45) is 3.76. The maximum atomic E-state index is 5.15. The van der Waals surface area contributed by atoms with Crippen LogP contribution in [-0.4, -0.2) is 25.4 Å². The Kier molecular flexibility index (Phi) is 7.94. The van der Waals surface area contributed by atoms with Gasteiger partial charge < -0.3 is 10.1 Å². The van der Waals surface area contributed by atoms with Crippen LogP contribution in [0.15, 0.2) is 29.2 Å². The van der Waals surface area contributed by atoms with E-state index in [4.69, 9.17) is 4.74 Å². The van der Waals surface area contributed by atoms with Gasteiger partial charge in [-0.3, -0.25) is 0 Å². The number of benzene rings is 1. The van der Waals surface area contributed by atoms with E-state index in [2.05, 4.69) is 31.3 Å². The highest BCUT2D eigenvalue weighted by molar-refractivity contribution is 7.99. The van der Waals surface area contributed by atoms with Gasteiger partial charge in [-0.1, -0.05) is 13.8 Å². The lowest BCUT2D eigenvalue weighted by atomic mass is 10.1. The molecule has 2 nitrogen and oxygen atoms in total. The number of hydrogen-bond acceptors (Lipinski definition) is 3. The van der Waals surface area contributed by atoms with Crippen LogP contribution in [-0.2, 0) is 0 Å². The largest absolute Gasteiger partial charge is 0.497 e. The number of hydrogen-bond donors (Lipinski definition) is 1. The third kappa shape index (κ3) is 5.78. The van der Waals surface area contributed by atoms with Crippen LogP contribution in [0.1, 0.15) is 33.1 Å². The minimum atomic E-state index is 0.687. The van der Waals surface area contributed by atoms with Crippen LogP contribution < -0.4 is 10.1 Å². The Morgan fingerprint density at radius 1 is 1.22 bits per heavy atom. The molecule has 1 N–H and O–H groups in total. The van der Waals surface area contributed by atoms with Crippen molar-refractivity contribution in [1.82, 2.24) is 5.32 Å². The zero-order valence-corrected chi connectivity index (χ0v) is 12.6. The van der Waals surface area contributed by atoms with Crippen LogP contribution in [0, 0.1) is 0 Å². The first kappa shape index (κ1) is 15.4. The molecular weight excluding hydrogens is 242 g/mol. The normalized spacial score (nSPS) is 12.4. The van der Waals surface area contributed by atoms with Gasteiger partial charge >= 0.3 is 0 Å². The van der Waals surface area contributed by atoms with Gasteiger partial charge in [-0.2, -0.15) is 0 Å². The van der Waals surface area contributed by atoms with Crippen molar-refractivity contribution in [3.8, 4) is 5.75 Å². The average molecular weight is 267 g/mol. The molecule has 0 saturated carbocycles. The van der Waals surface area contributed by atoms with Gasteiger partial charge in [0.25, 0.3) is 0 Å². The molecule has 1 aromatic rings. The third-order valence-corrected chi connectivity index (χ3v) is 4.11. The van der Waals surface area contributed by atoms with Gasteiger partial charge in [0.2, 0.25) is 0 Å². The molecule has 0 aliphatic rings. The highest BCUT2D eigenvalue weighted by atomic mass is 32.2. The van der Waals surface area contributed by atoms with Crippen LogP contribution in [0.25, 0.3) is 0 Å². The summed E-state index contributed by atoms with van der Waals surface area (Å²) < 4.78 is 5.15. The van der Waals surface area contributed by atoms with Crippen LogP contribution in [0.3, 0.4) is 0 Å². The first-order valence-corrected chi connectivity index (χ1v) is 7.79. The van der Waals surface area contributed by atoms with Crippen molar-refractivity contribution in [1.29, 1.82) is 0 Å². The molecule has 1 rings (SSSR count). The molecule has 0 spiro atoms. The number of ether oxygens (including phenoxy) is 1. The maximum absolute atomic E-state index is 5.15. The topological polar surface area (TPSA) is 21.3 Å². The number of thioether (sulfide) groups is 1. The van der Waals surface area contributed by atoms with E-state index in [0.29, 0.717) is 6.04 Å². The zero-order chi connectivity index (χ0) is 13.2. The number of nitrogens with one attached hydrogen (secondary N) is 1. The molecule has 0 fully saturated rings. The fraction of sp³-hybridized carbons (Fsp3) is 0.600. The summed E-state index contributed by atoms with van der Waals surface area (Å²) in [6.45, 7) is 5.50. The van der Waals surface area contributed by atoms with Crippen molar-refractivity contribution in [2.75, 3.05) is 19.4 Å².